The first-order chi connectivity index (χ1) is 10.7. The van der Waals surface area contributed by atoms with Gasteiger partial charge in [0.25, 0.3) is 5.91 Å². The van der Waals surface area contributed by atoms with E-state index in [1.165, 1.54) is 0 Å². The van der Waals surface area contributed by atoms with Crippen molar-refractivity contribution in [2.75, 3.05) is 26.7 Å². The first-order valence-electron chi connectivity index (χ1n) is 7.38. The van der Waals surface area contributed by atoms with Crippen molar-refractivity contribution in [3.63, 3.8) is 0 Å². The molecule has 1 saturated heterocycles. The average molecular weight is 300 g/mol. The number of benzene rings is 1. The monoisotopic (exact) mass is 300 g/mol. The van der Waals surface area contributed by atoms with Crippen LogP contribution in [0.1, 0.15) is 23.5 Å². The van der Waals surface area contributed by atoms with Crippen molar-refractivity contribution in [1.82, 2.24) is 19.8 Å². The van der Waals surface area contributed by atoms with Crippen LogP contribution in [0.15, 0.2) is 42.7 Å². The molecule has 1 amide bonds. The normalized spacial score (nSPS) is 20.8. The lowest BCUT2D eigenvalue weighted by Crippen LogP contribution is -2.50. The zero-order valence-corrected chi connectivity index (χ0v) is 12.5. The van der Waals surface area contributed by atoms with Crippen molar-refractivity contribution in [3.8, 4) is 0 Å². The maximum atomic E-state index is 12.5. The summed E-state index contributed by atoms with van der Waals surface area (Å²) in [7, 11) is 2.02. The molecule has 0 saturated carbocycles. The zero-order valence-electron chi connectivity index (χ0n) is 12.5. The fraction of sp³-hybridized carbons (Fsp3) is 0.375. The van der Waals surface area contributed by atoms with E-state index in [1.54, 1.807) is 29.4 Å². The molecule has 2 heterocycles. The highest BCUT2D eigenvalue weighted by Crippen LogP contribution is 2.24. The van der Waals surface area contributed by atoms with Crippen molar-refractivity contribution >= 4 is 5.91 Å². The molecule has 1 fully saturated rings. The molecule has 1 unspecified atom stereocenters. The third-order valence-electron chi connectivity index (χ3n) is 4.14. The van der Waals surface area contributed by atoms with Crippen LogP contribution in [0.2, 0.25) is 0 Å². The van der Waals surface area contributed by atoms with E-state index in [-0.39, 0.29) is 11.9 Å². The van der Waals surface area contributed by atoms with Gasteiger partial charge in [-0.05, 0) is 12.6 Å². The number of nitrogens with zero attached hydrogens (tertiary/aromatic N) is 3. The molecular weight excluding hydrogens is 280 g/mol. The second-order valence-electron chi connectivity index (χ2n) is 5.57. The molecule has 6 heteroatoms. The number of hydrogen-bond acceptors (Lipinski definition) is 4. The number of carbonyl (C=O) groups excluding carboxylic acids is 1. The largest absolute Gasteiger partial charge is 0.378 e. The molecule has 3 rings (SSSR count). The van der Waals surface area contributed by atoms with Crippen molar-refractivity contribution in [1.29, 1.82) is 0 Å². The smallest absolute Gasteiger partial charge is 0.256 e. The van der Waals surface area contributed by atoms with Crippen LogP contribution in [0, 0.1) is 0 Å². The number of aromatic amines is 1. The molecule has 1 aliphatic heterocycles. The molecule has 1 aromatic heterocycles. The number of H-pyrrole nitrogens is 1. The Morgan fingerprint density at radius 1 is 1.36 bits per heavy atom. The van der Waals surface area contributed by atoms with E-state index in [0.717, 1.165) is 12.4 Å². The van der Waals surface area contributed by atoms with Crippen LogP contribution < -0.4 is 0 Å². The summed E-state index contributed by atoms with van der Waals surface area (Å²) in [5, 5.41) is 10.3. The highest BCUT2D eigenvalue weighted by atomic mass is 16.3. The molecule has 1 aromatic carbocycles. The maximum Gasteiger partial charge on any atom is 0.256 e. The molecule has 0 spiro atoms. The summed E-state index contributed by atoms with van der Waals surface area (Å²) >= 11 is 0. The number of amides is 1. The standard InChI is InChI=1S/C16H20N4O2/c1-19-9-10-20(11-13(19)15-17-7-8-18-15)16(22)14(21)12-5-3-2-4-6-12/h2-8,13-14,21H,9-11H2,1H3,(H,17,18)/t13?,14-/m0/s1. The fourth-order valence-electron chi connectivity index (χ4n) is 2.78. The van der Waals surface area contributed by atoms with Gasteiger partial charge in [-0.15, -0.1) is 0 Å². The van der Waals surface area contributed by atoms with Crippen molar-refractivity contribution < 1.29 is 9.90 Å². The quantitative estimate of drug-likeness (QED) is 0.885. The average Bonchev–Trinajstić information content (AvgIpc) is 3.09. The Balaban J connectivity index is 1.73. The zero-order chi connectivity index (χ0) is 15.5. The van der Waals surface area contributed by atoms with Gasteiger partial charge in [0.2, 0.25) is 0 Å². The number of aromatic nitrogens is 2. The van der Waals surface area contributed by atoms with E-state index in [4.69, 9.17) is 0 Å². The number of aliphatic hydroxyl groups excluding tert-OH is 1. The summed E-state index contributed by atoms with van der Waals surface area (Å²) in [4.78, 5) is 23.8. The van der Waals surface area contributed by atoms with Gasteiger partial charge in [-0.2, -0.15) is 0 Å². The number of hydrogen-bond donors (Lipinski definition) is 2. The third kappa shape index (κ3) is 2.88. The predicted octanol–water partition coefficient (Wildman–Crippen LogP) is 0.958. The lowest BCUT2D eigenvalue weighted by Gasteiger charge is -2.39. The van der Waals surface area contributed by atoms with Crippen LogP contribution in [0.5, 0.6) is 0 Å². The number of carbonyl (C=O) groups is 1. The minimum Gasteiger partial charge on any atom is -0.378 e. The fourth-order valence-corrected chi connectivity index (χ4v) is 2.78. The molecule has 2 N–H and O–H groups in total. The summed E-state index contributed by atoms with van der Waals surface area (Å²) in [5.41, 5.74) is 0.626. The maximum absolute atomic E-state index is 12.5. The second-order valence-corrected chi connectivity index (χ2v) is 5.57. The number of rotatable bonds is 3. The summed E-state index contributed by atoms with van der Waals surface area (Å²) in [5.74, 6) is 0.588. The number of nitrogens with one attached hydrogen (secondary N) is 1. The number of aliphatic hydroxyl groups is 1. The minimum absolute atomic E-state index is 0.0238. The van der Waals surface area contributed by atoms with Crippen molar-refractivity contribution in [2.45, 2.75) is 12.1 Å². The summed E-state index contributed by atoms with van der Waals surface area (Å²) in [6.45, 7) is 1.88. The van der Waals surface area contributed by atoms with Gasteiger partial charge in [0.05, 0.1) is 6.04 Å². The van der Waals surface area contributed by atoms with Gasteiger partial charge in [-0.1, -0.05) is 30.3 Å². The Morgan fingerprint density at radius 2 is 2.14 bits per heavy atom. The van der Waals surface area contributed by atoms with E-state index in [9.17, 15) is 9.90 Å². The first-order valence-corrected chi connectivity index (χ1v) is 7.38. The van der Waals surface area contributed by atoms with Gasteiger partial charge in [-0.25, -0.2) is 4.98 Å². The third-order valence-corrected chi connectivity index (χ3v) is 4.14. The second kappa shape index (κ2) is 6.29. The topological polar surface area (TPSA) is 72.5 Å². The Kier molecular flexibility index (Phi) is 4.22. The van der Waals surface area contributed by atoms with Gasteiger partial charge in [0.1, 0.15) is 5.82 Å². The van der Waals surface area contributed by atoms with Crippen LogP contribution in [-0.2, 0) is 4.79 Å². The summed E-state index contributed by atoms with van der Waals surface area (Å²) in [6, 6.07) is 9.06. The van der Waals surface area contributed by atoms with Crippen LogP contribution in [0.4, 0.5) is 0 Å². The highest BCUT2D eigenvalue weighted by Gasteiger charge is 2.32. The number of likely N-dealkylation sites (N-methyl/N-ethyl adjacent to an activating group) is 1. The molecule has 22 heavy (non-hydrogen) atoms. The molecule has 116 valence electrons. The van der Waals surface area contributed by atoms with E-state index >= 15 is 0 Å². The SMILES string of the molecule is CN1CCN(C(=O)[C@@H](O)c2ccccc2)CC1c1ncc[nH]1. The molecule has 6 nitrogen and oxygen atoms in total. The van der Waals surface area contributed by atoms with Crippen molar-refractivity contribution in [2.24, 2.45) is 0 Å². The van der Waals surface area contributed by atoms with Gasteiger partial charge in [-0.3, -0.25) is 9.69 Å². The van der Waals surface area contributed by atoms with Gasteiger partial charge < -0.3 is 15.0 Å². The first kappa shape index (κ1) is 14.7. The summed E-state index contributed by atoms with van der Waals surface area (Å²) < 4.78 is 0. The van der Waals surface area contributed by atoms with E-state index in [1.807, 2.05) is 25.2 Å². The van der Waals surface area contributed by atoms with E-state index in [0.29, 0.717) is 18.7 Å². The molecule has 2 aromatic rings. The molecule has 1 aliphatic rings. The van der Waals surface area contributed by atoms with Crippen LogP contribution in [0.25, 0.3) is 0 Å². The van der Waals surface area contributed by atoms with E-state index in [2.05, 4.69) is 14.9 Å². The van der Waals surface area contributed by atoms with Crippen LogP contribution in [0.3, 0.4) is 0 Å². The minimum atomic E-state index is -1.11. The van der Waals surface area contributed by atoms with Crippen molar-refractivity contribution in [3.05, 3.63) is 54.1 Å². The Hall–Kier alpha value is -2.18. The number of imidazole rings is 1. The van der Waals surface area contributed by atoms with Gasteiger partial charge in [0, 0.05) is 32.0 Å². The molecule has 0 radical (unpaired) electrons. The van der Waals surface area contributed by atoms with Crippen LogP contribution in [-0.4, -0.2) is 57.5 Å². The van der Waals surface area contributed by atoms with Gasteiger partial charge in [0.15, 0.2) is 6.10 Å². The molecule has 0 bridgehead atoms. The Labute approximate surface area is 129 Å². The highest BCUT2D eigenvalue weighted by molar-refractivity contribution is 5.82. The lowest BCUT2D eigenvalue weighted by atomic mass is 10.1. The molecule has 2 atom stereocenters. The molecule has 0 aliphatic carbocycles. The van der Waals surface area contributed by atoms with Gasteiger partial charge >= 0.3 is 0 Å². The predicted molar refractivity (Wildman–Crippen MR) is 81.9 cm³/mol. The molecular formula is C16H20N4O2. The van der Waals surface area contributed by atoms with E-state index < -0.39 is 6.10 Å². The summed E-state index contributed by atoms with van der Waals surface area (Å²) in [6.07, 6.45) is 2.38. The Bertz CT molecular complexity index is 614. The van der Waals surface area contributed by atoms with Crippen LogP contribution >= 0.6 is 0 Å². The number of piperazine rings is 1. The Morgan fingerprint density at radius 3 is 2.82 bits per heavy atom. The lowest BCUT2D eigenvalue weighted by molar-refractivity contribution is -0.143.